The number of carbonyl (C=O) groups is 3. The van der Waals surface area contributed by atoms with Crippen LogP contribution in [-0.2, 0) is 14.4 Å². The van der Waals surface area contributed by atoms with Gasteiger partial charge in [0.15, 0.2) is 0 Å². The van der Waals surface area contributed by atoms with E-state index in [9.17, 15) is 14.4 Å². The zero-order valence-corrected chi connectivity index (χ0v) is 12.7. The average Bonchev–Trinajstić information content (AvgIpc) is 2.46. The number of nitrogens with two attached hydrogens (primary N) is 1. The second-order valence-electron chi connectivity index (χ2n) is 5.65. The number of hydrogen-bond donors (Lipinski definition) is 2. The summed E-state index contributed by atoms with van der Waals surface area (Å²) in [6, 6.07) is 0. The van der Waals surface area contributed by atoms with E-state index in [-0.39, 0.29) is 24.3 Å². The smallest absolute Gasteiger partial charge is 0.307 e. The summed E-state index contributed by atoms with van der Waals surface area (Å²) in [7, 11) is 0. The summed E-state index contributed by atoms with van der Waals surface area (Å²) < 4.78 is 0. The van der Waals surface area contributed by atoms with Gasteiger partial charge in [0.05, 0.1) is 18.4 Å². The van der Waals surface area contributed by atoms with E-state index in [2.05, 4.69) is 0 Å². The van der Waals surface area contributed by atoms with Gasteiger partial charge in [-0.15, -0.1) is 0 Å². The van der Waals surface area contributed by atoms with Gasteiger partial charge in [-0.05, 0) is 19.4 Å². The van der Waals surface area contributed by atoms with Gasteiger partial charge in [-0.25, -0.2) is 0 Å². The van der Waals surface area contributed by atoms with Crippen molar-refractivity contribution >= 4 is 17.8 Å². The Morgan fingerprint density at radius 1 is 1.43 bits per heavy atom. The van der Waals surface area contributed by atoms with Crippen LogP contribution in [0.2, 0.25) is 0 Å². The number of piperidine rings is 1. The van der Waals surface area contributed by atoms with Crippen LogP contribution in [0.3, 0.4) is 0 Å². The van der Waals surface area contributed by atoms with Crippen LogP contribution in [-0.4, -0.2) is 65.4 Å². The fraction of sp³-hybridized carbons (Fsp3) is 0.786. The molecule has 0 aromatic rings. The molecule has 3 N–H and O–H groups in total. The Balaban J connectivity index is 2.53. The third-order valence-electron chi connectivity index (χ3n) is 3.94. The molecule has 1 rings (SSSR count). The normalized spacial score (nSPS) is 20.3. The van der Waals surface area contributed by atoms with Crippen molar-refractivity contribution in [3.63, 3.8) is 0 Å². The Labute approximate surface area is 125 Å². The zero-order chi connectivity index (χ0) is 16.0. The van der Waals surface area contributed by atoms with Gasteiger partial charge in [0.1, 0.15) is 0 Å². The highest BCUT2D eigenvalue weighted by Gasteiger charge is 2.28. The summed E-state index contributed by atoms with van der Waals surface area (Å²) in [4.78, 5) is 37.9. The lowest BCUT2D eigenvalue weighted by Gasteiger charge is -2.33. The molecule has 1 aliphatic heterocycles. The van der Waals surface area contributed by atoms with Crippen molar-refractivity contribution in [3.05, 3.63) is 0 Å². The van der Waals surface area contributed by atoms with Crippen molar-refractivity contribution in [2.24, 2.45) is 17.6 Å². The summed E-state index contributed by atoms with van der Waals surface area (Å²) >= 11 is 0. The molecule has 0 radical (unpaired) electrons. The van der Waals surface area contributed by atoms with Crippen LogP contribution in [0.25, 0.3) is 0 Å². The lowest BCUT2D eigenvalue weighted by molar-refractivity contribution is -0.143. The van der Waals surface area contributed by atoms with E-state index >= 15 is 0 Å². The molecule has 0 aromatic heterocycles. The van der Waals surface area contributed by atoms with Crippen molar-refractivity contribution in [2.45, 2.75) is 26.7 Å². The SMILES string of the molecule is CCN(CC(=O)N1CCCC(C(N)=O)C1)CC(C)C(=O)O. The third-order valence-corrected chi connectivity index (χ3v) is 3.94. The van der Waals surface area contributed by atoms with Crippen molar-refractivity contribution in [1.82, 2.24) is 9.80 Å². The number of primary amides is 1. The van der Waals surface area contributed by atoms with Crippen molar-refractivity contribution < 1.29 is 19.5 Å². The number of carbonyl (C=O) groups excluding carboxylic acids is 2. The van der Waals surface area contributed by atoms with Gasteiger partial charge < -0.3 is 15.7 Å². The minimum absolute atomic E-state index is 0.0691. The molecule has 0 aromatic carbocycles. The van der Waals surface area contributed by atoms with Gasteiger partial charge in [-0.3, -0.25) is 19.3 Å². The molecule has 0 bridgehead atoms. The molecule has 2 unspecified atom stereocenters. The van der Waals surface area contributed by atoms with Crippen LogP contribution in [0.4, 0.5) is 0 Å². The molecular formula is C14H25N3O4. The first kappa shape index (κ1) is 17.4. The molecule has 2 amide bonds. The molecule has 120 valence electrons. The molecular weight excluding hydrogens is 274 g/mol. The number of carboxylic acid groups (broad SMARTS) is 1. The summed E-state index contributed by atoms with van der Waals surface area (Å²) in [6.45, 7) is 5.65. The minimum atomic E-state index is -0.868. The molecule has 1 saturated heterocycles. The number of hydrogen-bond acceptors (Lipinski definition) is 4. The monoisotopic (exact) mass is 299 g/mol. The first-order valence-electron chi connectivity index (χ1n) is 7.37. The van der Waals surface area contributed by atoms with Crippen LogP contribution in [0.1, 0.15) is 26.7 Å². The van der Waals surface area contributed by atoms with Gasteiger partial charge >= 0.3 is 5.97 Å². The van der Waals surface area contributed by atoms with E-state index in [0.29, 0.717) is 26.2 Å². The lowest BCUT2D eigenvalue weighted by Crippen LogP contribution is -2.48. The van der Waals surface area contributed by atoms with Crippen LogP contribution in [0.15, 0.2) is 0 Å². The average molecular weight is 299 g/mol. The highest BCUT2D eigenvalue weighted by Crippen LogP contribution is 2.16. The van der Waals surface area contributed by atoms with Crippen LogP contribution in [0, 0.1) is 11.8 Å². The van der Waals surface area contributed by atoms with Gasteiger partial charge in [0.2, 0.25) is 11.8 Å². The quantitative estimate of drug-likeness (QED) is 0.675. The molecule has 21 heavy (non-hydrogen) atoms. The molecule has 1 fully saturated rings. The molecule has 1 heterocycles. The molecule has 7 nitrogen and oxygen atoms in total. The second kappa shape index (κ2) is 7.97. The predicted molar refractivity (Wildman–Crippen MR) is 77.4 cm³/mol. The van der Waals surface area contributed by atoms with Gasteiger partial charge in [-0.2, -0.15) is 0 Å². The fourth-order valence-corrected chi connectivity index (χ4v) is 2.50. The first-order chi connectivity index (χ1) is 9.85. The summed E-state index contributed by atoms with van der Waals surface area (Å²) in [6.07, 6.45) is 1.50. The predicted octanol–water partition coefficient (Wildman–Crippen LogP) is -0.247. The van der Waals surface area contributed by atoms with Crippen molar-refractivity contribution in [1.29, 1.82) is 0 Å². The molecule has 2 atom stereocenters. The maximum absolute atomic E-state index is 12.3. The van der Waals surface area contributed by atoms with Crippen LogP contribution < -0.4 is 5.73 Å². The summed E-state index contributed by atoms with van der Waals surface area (Å²) in [5.74, 6) is -2.08. The third kappa shape index (κ3) is 5.34. The first-order valence-corrected chi connectivity index (χ1v) is 7.37. The van der Waals surface area contributed by atoms with E-state index in [4.69, 9.17) is 10.8 Å². The van der Waals surface area contributed by atoms with E-state index in [1.165, 1.54) is 0 Å². The molecule has 0 aliphatic carbocycles. The second-order valence-corrected chi connectivity index (χ2v) is 5.65. The fourth-order valence-electron chi connectivity index (χ4n) is 2.50. The van der Waals surface area contributed by atoms with E-state index < -0.39 is 11.9 Å². The Morgan fingerprint density at radius 2 is 2.10 bits per heavy atom. The van der Waals surface area contributed by atoms with E-state index in [1.54, 1.807) is 11.8 Å². The molecule has 0 spiro atoms. The molecule has 0 saturated carbocycles. The standard InChI is InChI=1S/C14H25N3O4/c1-3-16(7-10(2)14(20)21)9-12(18)17-6-4-5-11(8-17)13(15)19/h10-11H,3-9H2,1-2H3,(H2,15,19)(H,20,21). The highest BCUT2D eigenvalue weighted by atomic mass is 16.4. The zero-order valence-electron chi connectivity index (χ0n) is 12.7. The molecule has 1 aliphatic rings. The maximum Gasteiger partial charge on any atom is 0.307 e. The number of aliphatic carboxylic acids is 1. The minimum Gasteiger partial charge on any atom is -0.481 e. The Morgan fingerprint density at radius 3 is 2.62 bits per heavy atom. The highest BCUT2D eigenvalue weighted by molar-refractivity contribution is 5.81. The van der Waals surface area contributed by atoms with Crippen molar-refractivity contribution in [3.8, 4) is 0 Å². The van der Waals surface area contributed by atoms with E-state index in [1.807, 2.05) is 11.8 Å². The molecule has 7 heteroatoms. The number of rotatable bonds is 7. The number of nitrogens with zero attached hydrogens (tertiary/aromatic N) is 2. The Bertz CT molecular complexity index is 400. The lowest BCUT2D eigenvalue weighted by atomic mass is 9.97. The number of carboxylic acids is 1. The maximum atomic E-state index is 12.3. The number of likely N-dealkylation sites (N-methyl/N-ethyl adjacent to an activating group) is 1. The number of likely N-dealkylation sites (tertiary alicyclic amines) is 1. The van der Waals surface area contributed by atoms with Gasteiger partial charge in [0.25, 0.3) is 0 Å². The largest absolute Gasteiger partial charge is 0.481 e. The summed E-state index contributed by atoms with van der Waals surface area (Å²) in [5.41, 5.74) is 5.30. The van der Waals surface area contributed by atoms with Gasteiger partial charge in [0, 0.05) is 19.6 Å². The number of amides is 2. The van der Waals surface area contributed by atoms with Gasteiger partial charge in [-0.1, -0.05) is 13.8 Å². The topological polar surface area (TPSA) is 104 Å². The van der Waals surface area contributed by atoms with Crippen LogP contribution >= 0.6 is 0 Å². The van der Waals surface area contributed by atoms with E-state index in [0.717, 1.165) is 12.8 Å². The van der Waals surface area contributed by atoms with Crippen molar-refractivity contribution in [2.75, 3.05) is 32.7 Å². The Hall–Kier alpha value is -1.63. The van der Waals surface area contributed by atoms with Crippen LogP contribution in [0.5, 0.6) is 0 Å². The Kier molecular flexibility index (Phi) is 6.61. The summed E-state index contributed by atoms with van der Waals surface area (Å²) in [5, 5.41) is 8.93.